The number of aryl methyl sites for hydroxylation is 1. The van der Waals surface area contributed by atoms with E-state index in [4.69, 9.17) is 4.74 Å². The Morgan fingerprint density at radius 2 is 2.24 bits per heavy atom. The van der Waals surface area contributed by atoms with Crippen LogP contribution in [0.5, 0.6) is 0 Å². The number of aromatic nitrogens is 3. The molecule has 0 aliphatic carbocycles. The third-order valence-electron chi connectivity index (χ3n) is 2.46. The zero-order chi connectivity index (χ0) is 12.5. The number of hydrogen-bond acceptors (Lipinski definition) is 4. The van der Waals surface area contributed by atoms with Gasteiger partial charge >= 0.3 is 0 Å². The van der Waals surface area contributed by atoms with E-state index in [9.17, 15) is 0 Å². The number of rotatable bonds is 9. The van der Waals surface area contributed by atoms with Crippen LogP contribution in [0.25, 0.3) is 0 Å². The van der Waals surface area contributed by atoms with E-state index < -0.39 is 0 Å². The summed E-state index contributed by atoms with van der Waals surface area (Å²) in [5.41, 5.74) is 1.02. The molecule has 1 rings (SSSR count). The van der Waals surface area contributed by atoms with Crippen LogP contribution in [-0.4, -0.2) is 40.8 Å². The molecule has 0 saturated carbocycles. The fraction of sp³-hybridized carbons (Fsp3) is 0.833. The van der Waals surface area contributed by atoms with E-state index in [1.807, 2.05) is 13.2 Å². The van der Waals surface area contributed by atoms with Crippen molar-refractivity contribution in [2.24, 2.45) is 7.05 Å². The maximum atomic E-state index is 5.60. The summed E-state index contributed by atoms with van der Waals surface area (Å²) in [6, 6.07) is 0.332. The number of nitrogens with zero attached hydrogens (tertiary/aromatic N) is 3. The summed E-state index contributed by atoms with van der Waals surface area (Å²) in [5, 5.41) is 11.5. The summed E-state index contributed by atoms with van der Waals surface area (Å²) in [6.07, 6.45) is 5.02. The topological polar surface area (TPSA) is 52.0 Å². The van der Waals surface area contributed by atoms with E-state index in [0.29, 0.717) is 6.04 Å². The van der Waals surface area contributed by atoms with Gasteiger partial charge < -0.3 is 10.1 Å². The first-order chi connectivity index (χ1) is 8.26. The molecule has 1 heterocycles. The summed E-state index contributed by atoms with van der Waals surface area (Å²) in [5.74, 6) is 0. The maximum Gasteiger partial charge on any atom is 0.0843 e. The highest BCUT2D eigenvalue weighted by molar-refractivity contribution is 4.95. The smallest absolute Gasteiger partial charge is 0.0843 e. The van der Waals surface area contributed by atoms with Crippen LogP contribution in [0, 0.1) is 0 Å². The summed E-state index contributed by atoms with van der Waals surface area (Å²) < 4.78 is 7.34. The minimum absolute atomic E-state index is 0.332. The fourth-order valence-corrected chi connectivity index (χ4v) is 1.65. The molecule has 1 N–H and O–H groups in total. The van der Waals surface area contributed by atoms with Crippen LogP contribution in [0.4, 0.5) is 0 Å². The molecule has 0 radical (unpaired) electrons. The van der Waals surface area contributed by atoms with Crippen LogP contribution in [0.15, 0.2) is 6.20 Å². The highest BCUT2D eigenvalue weighted by Gasteiger charge is 2.11. The first-order valence-electron chi connectivity index (χ1n) is 6.42. The van der Waals surface area contributed by atoms with Crippen LogP contribution >= 0.6 is 0 Å². The lowest BCUT2D eigenvalue weighted by molar-refractivity contribution is 0.111. The second-order valence-corrected chi connectivity index (χ2v) is 4.31. The number of nitrogens with one attached hydrogen (secondary N) is 1. The molecule has 98 valence electrons. The molecule has 1 aromatic rings. The van der Waals surface area contributed by atoms with E-state index in [2.05, 4.69) is 29.5 Å². The first-order valence-corrected chi connectivity index (χ1v) is 6.42. The van der Waals surface area contributed by atoms with Crippen molar-refractivity contribution in [2.75, 3.05) is 19.8 Å². The van der Waals surface area contributed by atoms with Gasteiger partial charge in [-0.05, 0) is 19.4 Å². The molecule has 0 aromatic carbocycles. The Balaban J connectivity index is 2.38. The molecular formula is C12H24N4O. The van der Waals surface area contributed by atoms with Crippen LogP contribution in [0.2, 0.25) is 0 Å². The summed E-state index contributed by atoms with van der Waals surface area (Å²) in [6.45, 7) is 6.87. The molecule has 0 spiro atoms. The van der Waals surface area contributed by atoms with Gasteiger partial charge in [0.2, 0.25) is 0 Å². The third kappa shape index (κ3) is 5.79. The normalized spacial score (nSPS) is 12.9. The molecule has 0 aliphatic heterocycles. The van der Waals surface area contributed by atoms with Gasteiger partial charge in [-0.15, -0.1) is 5.10 Å². The zero-order valence-electron chi connectivity index (χ0n) is 11.1. The molecule has 0 bridgehead atoms. The lowest BCUT2D eigenvalue weighted by Crippen LogP contribution is -2.36. The molecule has 0 aliphatic rings. The van der Waals surface area contributed by atoms with Gasteiger partial charge in [-0.2, -0.15) is 0 Å². The lowest BCUT2D eigenvalue weighted by atomic mass is 10.1. The first kappa shape index (κ1) is 14.1. The molecule has 5 heteroatoms. The van der Waals surface area contributed by atoms with Gasteiger partial charge in [0.25, 0.3) is 0 Å². The second-order valence-electron chi connectivity index (χ2n) is 4.31. The van der Waals surface area contributed by atoms with Crippen molar-refractivity contribution in [3.05, 3.63) is 11.9 Å². The minimum atomic E-state index is 0.332. The molecule has 1 aromatic heterocycles. The quantitative estimate of drug-likeness (QED) is 0.658. The Morgan fingerprint density at radius 1 is 1.41 bits per heavy atom. The minimum Gasteiger partial charge on any atom is -0.380 e. The predicted molar refractivity (Wildman–Crippen MR) is 67.9 cm³/mol. The fourth-order valence-electron chi connectivity index (χ4n) is 1.65. The highest BCUT2D eigenvalue weighted by atomic mass is 16.5. The molecule has 1 atom stereocenters. The molecular weight excluding hydrogens is 216 g/mol. The van der Waals surface area contributed by atoms with Gasteiger partial charge in [0.1, 0.15) is 0 Å². The van der Waals surface area contributed by atoms with Crippen LogP contribution in [0.3, 0.4) is 0 Å². The third-order valence-corrected chi connectivity index (χ3v) is 2.46. The molecule has 0 amide bonds. The predicted octanol–water partition coefficient (Wildman–Crippen LogP) is 1.15. The molecule has 17 heavy (non-hydrogen) atoms. The lowest BCUT2D eigenvalue weighted by Gasteiger charge is -2.17. The van der Waals surface area contributed by atoms with Gasteiger partial charge in [0.05, 0.1) is 12.3 Å². The van der Waals surface area contributed by atoms with Crippen LogP contribution in [-0.2, 0) is 18.2 Å². The monoisotopic (exact) mass is 240 g/mol. The highest BCUT2D eigenvalue weighted by Crippen LogP contribution is 2.00. The standard InChI is InChI=1S/C12H24N4O/c1-4-6-13-12(10-17-7-5-2)8-11-9-16(3)15-14-11/h9,12-13H,4-8,10H2,1-3H3. The van der Waals surface area contributed by atoms with Crippen molar-refractivity contribution in [1.82, 2.24) is 20.3 Å². The Kier molecular flexibility index (Phi) is 6.81. The van der Waals surface area contributed by atoms with Crippen molar-refractivity contribution < 1.29 is 4.74 Å². The van der Waals surface area contributed by atoms with E-state index in [0.717, 1.165) is 44.7 Å². The van der Waals surface area contributed by atoms with E-state index in [1.54, 1.807) is 4.68 Å². The van der Waals surface area contributed by atoms with Crippen molar-refractivity contribution in [2.45, 2.75) is 39.2 Å². The average molecular weight is 240 g/mol. The molecule has 0 saturated heterocycles. The van der Waals surface area contributed by atoms with Gasteiger partial charge in [0.15, 0.2) is 0 Å². The van der Waals surface area contributed by atoms with Gasteiger partial charge in [0, 0.05) is 32.3 Å². The van der Waals surface area contributed by atoms with Crippen molar-refractivity contribution in [1.29, 1.82) is 0 Å². The van der Waals surface area contributed by atoms with Crippen molar-refractivity contribution >= 4 is 0 Å². The van der Waals surface area contributed by atoms with Gasteiger partial charge in [-0.25, -0.2) is 0 Å². The summed E-state index contributed by atoms with van der Waals surface area (Å²) >= 11 is 0. The molecule has 5 nitrogen and oxygen atoms in total. The van der Waals surface area contributed by atoms with Crippen LogP contribution < -0.4 is 5.32 Å². The number of ether oxygens (including phenoxy) is 1. The molecule has 0 fully saturated rings. The van der Waals surface area contributed by atoms with Crippen LogP contribution in [0.1, 0.15) is 32.4 Å². The largest absolute Gasteiger partial charge is 0.380 e. The average Bonchev–Trinajstić information content (AvgIpc) is 2.72. The molecule has 1 unspecified atom stereocenters. The maximum absolute atomic E-state index is 5.60. The van der Waals surface area contributed by atoms with Crippen molar-refractivity contribution in [3.8, 4) is 0 Å². The SMILES string of the molecule is CCCNC(COCCC)Cc1cn(C)nn1. The number of hydrogen-bond donors (Lipinski definition) is 1. The zero-order valence-corrected chi connectivity index (χ0v) is 11.1. The summed E-state index contributed by atoms with van der Waals surface area (Å²) in [4.78, 5) is 0. The van der Waals surface area contributed by atoms with Gasteiger partial charge in [-0.1, -0.05) is 19.1 Å². The van der Waals surface area contributed by atoms with E-state index in [-0.39, 0.29) is 0 Å². The Morgan fingerprint density at radius 3 is 2.82 bits per heavy atom. The second kappa shape index (κ2) is 8.20. The van der Waals surface area contributed by atoms with E-state index >= 15 is 0 Å². The van der Waals surface area contributed by atoms with Crippen molar-refractivity contribution in [3.63, 3.8) is 0 Å². The Labute approximate surface area is 104 Å². The van der Waals surface area contributed by atoms with Gasteiger partial charge in [-0.3, -0.25) is 4.68 Å². The Bertz CT molecular complexity index is 300. The van der Waals surface area contributed by atoms with E-state index in [1.165, 1.54) is 0 Å². The summed E-state index contributed by atoms with van der Waals surface area (Å²) in [7, 11) is 1.89. The Hall–Kier alpha value is -0.940.